The summed E-state index contributed by atoms with van der Waals surface area (Å²) < 4.78 is 19.7. The summed E-state index contributed by atoms with van der Waals surface area (Å²) in [7, 11) is 0. The number of aromatic nitrogens is 2. The molecule has 2 fully saturated rings. The molecule has 2 saturated heterocycles. The van der Waals surface area contributed by atoms with E-state index in [1.807, 2.05) is 6.07 Å². The van der Waals surface area contributed by atoms with Crippen LogP contribution >= 0.6 is 0 Å². The SMILES string of the molecule is CCc1cccc(F)c1CN1CCN(c2cc(N3CCOCC3)ncn2)CC1. The van der Waals surface area contributed by atoms with E-state index in [-0.39, 0.29) is 5.82 Å². The average Bonchev–Trinajstić information content (AvgIpc) is 2.76. The van der Waals surface area contributed by atoms with Crippen molar-refractivity contribution in [2.24, 2.45) is 0 Å². The van der Waals surface area contributed by atoms with E-state index in [4.69, 9.17) is 4.74 Å². The highest BCUT2D eigenvalue weighted by Gasteiger charge is 2.21. The van der Waals surface area contributed by atoms with E-state index in [1.165, 1.54) is 0 Å². The highest BCUT2D eigenvalue weighted by atomic mass is 19.1. The quantitative estimate of drug-likeness (QED) is 0.787. The lowest BCUT2D eigenvalue weighted by Gasteiger charge is -2.36. The van der Waals surface area contributed by atoms with Gasteiger partial charge in [-0.1, -0.05) is 19.1 Å². The van der Waals surface area contributed by atoms with E-state index in [2.05, 4.69) is 37.7 Å². The number of hydrogen-bond acceptors (Lipinski definition) is 6. The fourth-order valence-corrected chi connectivity index (χ4v) is 3.95. The fourth-order valence-electron chi connectivity index (χ4n) is 3.95. The highest BCUT2D eigenvalue weighted by molar-refractivity contribution is 5.50. The molecule has 1 aromatic carbocycles. The Hall–Kier alpha value is -2.25. The summed E-state index contributed by atoms with van der Waals surface area (Å²) in [6.45, 7) is 9.54. The highest BCUT2D eigenvalue weighted by Crippen LogP contribution is 2.22. The van der Waals surface area contributed by atoms with Gasteiger partial charge < -0.3 is 14.5 Å². The van der Waals surface area contributed by atoms with E-state index >= 15 is 0 Å². The number of hydrogen-bond donors (Lipinski definition) is 0. The summed E-state index contributed by atoms with van der Waals surface area (Å²) in [5.41, 5.74) is 1.95. The Morgan fingerprint density at radius 1 is 0.964 bits per heavy atom. The average molecular weight is 385 g/mol. The van der Waals surface area contributed by atoms with Gasteiger partial charge in [0.15, 0.2) is 0 Å². The summed E-state index contributed by atoms with van der Waals surface area (Å²) in [6.07, 6.45) is 2.51. The first kappa shape index (κ1) is 19.1. The van der Waals surface area contributed by atoms with Gasteiger partial charge in [-0.05, 0) is 18.1 Å². The third-order valence-electron chi connectivity index (χ3n) is 5.65. The van der Waals surface area contributed by atoms with E-state index < -0.39 is 0 Å². The maximum atomic E-state index is 14.3. The van der Waals surface area contributed by atoms with Gasteiger partial charge in [-0.3, -0.25) is 4.90 Å². The van der Waals surface area contributed by atoms with Crippen LogP contribution < -0.4 is 9.80 Å². The molecule has 7 heteroatoms. The number of benzene rings is 1. The number of ether oxygens (including phenoxy) is 1. The molecule has 2 aliphatic rings. The molecule has 0 spiro atoms. The van der Waals surface area contributed by atoms with Gasteiger partial charge in [0.2, 0.25) is 0 Å². The predicted octanol–water partition coefficient (Wildman–Crippen LogP) is 2.34. The molecule has 2 aliphatic heterocycles. The number of rotatable bonds is 5. The minimum absolute atomic E-state index is 0.0901. The number of morpholine rings is 1. The van der Waals surface area contributed by atoms with Crippen molar-refractivity contribution in [3.63, 3.8) is 0 Å². The number of halogens is 1. The number of piperazine rings is 1. The Kier molecular flexibility index (Phi) is 6.02. The first-order valence-electron chi connectivity index (χ1n) is 10.1. The van der Waals surface area contributed by atoms with Crippen molar-refractivity contribution in [1.29, 1.82) is 0 Å². The lowest BCUT2D eigenvalue weighted by molar-refractivity contribution is 0.122. The number of anilines is 2. The van der Waals surface area contributed by atoms with Gasteiger partial charge in [-0.25, -0.2) is 14.4 Å². The molecule has 0 amide bonds. The zero-order chi connectivity index (χ0) is 19.3. The molecule has 0 unspecified atom stereocenters. The Labute approximate surface area is 165 Å². The van der Waals surface area contributed by atoms with Crippen LogP contribution in [-0.2, 0) is 17.7 Å². The summed E-state index contributed by atoms with van der Waals surface area (Å²) in [6, 6.07) is 7.48. The Morgan fingerprint density at radius 3 is 2.32 bits per heavy atom. The molecular weight excluding hydrogens is 357 g/mol. The molecule has 0 saturated carbocycles. The Bertz CT molecular complexity index is 788. The normalized spacial score (nSPS) is 18.5. The van der Waals surface area contributed by atoms with Gasteiger partial charge in [-0.2, -0.15) is 0 Å². The van der Waals surface area contributed by atoms with Crippen LogP contribution in [0.4, 0.5) is 16.0 Å². The minimum Gasteiger partial charge on any atom is -0.378 e. The molecule has 3 heterocycles. The molecule has 2 aromatic rings. The van der Waals surface area contributed by atoms with Gasteiger partial charge in [0, 0.05) is 57.4 Å². The van der Waals surface area contributed by atoms with E-state index in [0.717, 1.165) is 81.7 Å². The summed E-state index contributed by atoms with van der Waals surface area (Å²) in [5, 5.41) is 0. The zero-order valence-electron chi connectivity index (χ0n) is 16.5. The molecule has 0 bridgehead atoms. The summed E-state index contributed by atoms with van der Waals surface area (Å²) >= 11 is 0. The van der Waals surface area contributed by atoms with Crippen LogP contribution in [0.1, 0.15) is 18.1 Å². The molecular formula is C21H28FN5O. The topological polar surface area (TPSA) is 44.7 Å². The molecule has 0 atom stereocenters. The van der Waals surface area contributed by atoms with Crippen LogP contribution in [0.3, 0.4) is 0 Å². The molecule has 150 valence electrons. The molecule has 6 nitrogen and oxygen atoms in total. The number of aryl methyl sites for hydroxylation is 1. The van der Waals surface area contributed by atoms with Crippen LogP contribution in [-0.4, -0.2) is 67.4 Å². The molecule has 28 heavy (non-hydrogen) atoms. The van der Waals surface area contributed by atoms with E-state index in [1.54, 1.807) is 18.5 Å². The first-order chi connectivity index (χ1) is 13.7. The monoisotopic (exact) mass is 385 g/mol. The lowest BCUT2D eigenvalue weighted by atomic mass is 10.0. The van der Waals surface area contributed by atoms with Crippen LogP contribution in [0, 0.1) is 5.82 Å². The van der Waals surface area contributed by atoms with Crippen LogP contribution in [0.5, 0.6) is 0 Å². The predicted molar refractivity (Wildman–Crippen MR) is 108 cm³/mol. The minimum atomic E-state index is -0.0901. The zero-order valence-corrected chi connectivity index (χ0v) is 16.5. The fraction of sp³-hybridized carbons (Fsp3) is 0.524. The van der Waals surface area contributed by atoms with Crippen LogP contribution in [0.2, 0.25) is 0 Å². The standard InChI is InChI=1S/C21H28FN5O/c1-2-17-4-3-5-19(22)18(17)15-25-6-8-26(9-7-25)20-14-21(24-16-23-20)27-10-12-28-13-11-27/h3-5,14,16H,2,6-13,15H2,1H3. The lowest BCUT2D eigenvalue weighted by Crippen LogP contribution is -2.46. The van der Waals surface area contributed by atoms with Gasteiger partial charge in [0.1, 0.15) is 23.8 Å². The Balaban J connectivity index is 1.38. The van der Waals surface area contributed by atoms with Crippen molar-refractivity contribution >= 4 is 11.6 Å². The molecule has 0 N–H and O–H groups in total. The smallest absolute Gasteiger partial charge is 0.134 e. The number of nitrogens with zero attached hydrogens (tertiary/aromatic N) is 5. The third kappa shape index (κ3) is 4.25. The van der Waals surface area contributed by atoms with Crippen molar-refractivity contribution in [2.75, 3.05) is 62.3 Å². The molecule has 0 aliphatic carbocycles. The van der Waals surface area contributed by atoms with Crippen molar-refractivity contribution in [3.8, 4) is 0 Å². The second-order valence-electron chi connectivity index (χ2n) is 7.33. The van der Waals surface area contributed by atoms with Crippen molar-refractivity contribution in [1.82, 2.24) is 14.9 Å². The first-order valence-corrected chi connectivity index (χ1v) is 10.1. The van der Waals surface area contributed by atoms with Crippen LogP contribution in [0.25, 0.3) is 0 Å². The van der Waals surface area contributed by atoms with E-state index in [0.29, 0.717) is 6.54 Å². The summed E-state index contributed by atoms with van der Waals surface area (Å²) in [5.74, 6) is 1.85. The molecule has 1 aromatic heterocycles. The summed E-state index contributed by atoms with van der Waals surface area (Å²) in [4.78, 5) is 15.8. The van der Waals surface area contributed by atoms with Gasteiger partial charge in [0.25, 0.3) is 0 Å². The van der Waals surface area contributed by atoms with Crippen molar-refractivity contribution in [3.05, 3.63) is 47.5 Å². The van der Waals surface area contributed by atoms with Crippen molar-refractivity contribution in [2.45, 2.75) is 19.9 Å². The van der Waals surface area contributed by atoms with Gasteiger partial charge in [0.05, 0.1) is 13.2 Å². The maximum Gasteiger partial charge on any atom is 0.134 e. The van der Waals surface area contributed by atoms with E-state index in [9.17, 15) is 4.39 Å². The second-order valence-corrected chi connectivity index (χ2v) is 7.33. The molecule has 4 rings (SSSR count). The second kappa shape index (κ2) is 8.84. The largest absolute Gasteiger partial charge is 0.378 e. The maximum absolute atomic E-state index is 14.3. The Morgan fingerprint density at radius 2 is 1.64 bits per heavy atom. The third-order valence-corrected chi connectivity index (χ3v) is 5.65. The van der Waals surface area contributed by atoms with Crippen LogP contribution in [0.15, 0.2) is 30.6 Å². The van der Waals surface area contributed by atoms with Gasteiger partial charge >= 0.3 is 0 Å². The van der Waals surface area contributed by atoms with Gasteiger partial charge in [-0.15, -0.1) is 0 Å². The van der Waals surface area contributed by atoms with Crippen molar-refractivity contribution < 1.29 is 9.13 Å². The molecule has 0 radical (unpaired) electrons.